The van der Waals surface area contributed by atoms with Crippen LogP contribution in [0, 0.1) is 11.3 Å². The van der Waals surface area contributed by atoms with Gasteiger partial charge < -0.3 is 10.5 Å². The van der Waals surface area contributed by atoms with Crippen LogP contribution >= 0.6 is 0 Å². The number of hydrogen-bond donors (Lipinski definition) is 2. The molecule has 5 heteroatoms. The summed E-state index contributed by atoms with van der Waals surface area (Å²) in [5, 5.41) is 20.0. The molecule has 1 heterocycles. The number of para-hydroxylation sites is 1. The number of benzene rings is 1. The van der Waals surface area contributed by atoms with Crippen LogP contribution in [0.4, 0.5) is 5.69 Å². The molecule has 5 nitrogen and oxygen atoms in total. The Hall–Kier alpha value is -2.06. The molecular weight excluding hydrogens is 230 g/mol. The Morgan fingerprint density at radius 2 is 2.22 bits per heavy atom. The summed E-state index contributed by atoms with van der Waals surface area (Å²) in [6.07, 6.45) is 2.87. The van der Waals surface area contributed by atoms with Gasteiger partial charge in [0.1, 0.15) is 6.04 Å². The van der Waals surface area contributed by atoms with Crippen LogP contribution in [0.2, 0.25) is 0 Å². The summed E-state index contributed by atoms with van der Waals surface area (Å²) in [4.78, 5) is 11.1. The van der Waals surface area contributed by atoms with Gasteiger partial charge in [0.15, 0.2) is 0 Å². The maximum atomic E-state index is 11.1. The summed E-state index contributed by atoms with van der Waals surface area (Å²) < 4.78 is 0. The van der Waals surface area contributed by atoms with E-state index in [-0.39, 0.29) is 11.6 Å². The van der Waals surface area contributed by atoms with Gasteiger partial charge in [-0.15, -0.1) is 0 Å². The third-order valence-corrected chi connectivity index (χ3v) is 3.07. The van der Waals surface area contributed by atoms with Crippen molar-refractivity contribution in [2.24, 2.45) is 0 Å². The lowest BCUT2D eigenvalue weighted by molar-refractivity contribution is 0.0697. The van der Waals surface area contributed by atoms with Crippen LogP contribution in [0.15, 0.2) is 24.3 Å². The molecule has 1 aromatic carbocycles. The number of rotatable bonds is 3. The van der Waals surface area contributed by atoms with Crippen LogP contribution in [-0.4, -0.2) is 28.7 Å². The minimum absolute atomic E-state index is 0.194. The minimum Gasteiger partial charge on any atom is -0.478 e. The van der Waals surface area contributed by atoms with Crippen molar-refractivity contribution in [2.45, 2.75) is 25.3 Å². The van der Waals surface area contributed by atoms with Crippen molar-refractivity contribution in [3.05, 3.63) is 29.8 Å². The maximum absolute atomic E-state index is 11.1. The third kappa shape index (κ3) is 2.60. The average molecular weight is 245 g/mol. The summed E-state index contributed by atoms with van der Waals surface area (Å²) >= 11 is 0. The molecule has 2 rings (SSSR count). The first-order chi connectivity index (χ1) is 8.72. The number of carboxylic acid groups (broad SMARTS) is 1. The third-order valence-electron chi connectivity index (χ3n) is 3.07. The number of piperidine rings is 1. The second-order valence-electron chi connectivity index (χ2n) is 4.30. The molecule has 1 aliphatic heterocycles. The van der Waals surface area contributed by atoms with Crippen molar-refractivity contribution in [2.75, 3.05) is 12.0 Å². The van der Waals surface area contributed by atoms with Crippen molar-refractivity contribution in [1.82, 2.24) is 5.01 Å². The number of hydrogen-bond acceptors (Lipinski definition) is 4. The quantitative estimate of drug-likeness (QED) is 0.852. The zero-order valence-corrected chi connectivity index (χ0v) is 9.97. The van der Waals surface area contributed by atoms with E-state index < -0.39 is 5.97 Å². The number of hydrazine groups is 1. The Balaban J connectivity index is 2.18. The molecule has 94 valence electrons. The molecule has 0 saturated carbocycles. The highest BCUT2D eigenvalue weighted by molar-refractivity contribution is 5.94. The smallest absolute Gasteiger partial charge is 0.337 e. The van der Waals surface area contributed by atoms with Gasteiger partial charge in [0.05, 0.1) is 17.3 Å². The van der Waals surface area contributed by atoms with Crippen LogP contribution in [0.3, 0.4) is 0 Å². The Labute approximate surface area is 106 Å². The summed E-state index contributed by atoms with van der Waals surface area (Å²) in [5.41, 5.74) is 3.82. The number of anilines is 1. The lowest BCUT2D eigenvalue weighted by Gasteiger charge is -2.32. The number of aromatic carboxylic acids is 1. The van der Waals surface area contributed by atoms with Gasteiger partial charge in [0.25, 0.3) is 0 Å². The van der Waals surface area contributed by atoms with Crippen molar-refractivity contribution in [1.29, 1.82) is 5.26 Å². The zero-order valence-electron chi connectivity index (χ0n) is 9.97. The van der Waals surface area contributed by atoms with Gasteiger partial charge in [0, 0.05) is 6.54 Å². The summed E-state index contributed by atoms with van der Waals surface area (Å²) in [7, 11) is 0. The lowest BCUT2D eigenvalue weighted by Crippen LogP contribution is -2.42. The molecule has 1 fully saturated rings. The van der Waals surface area contributed by atoms with E-state index in [1.54, 1.807) is 24.3 Å². The van der Waals surface area contributed by atoms with Crippen LogP contribution < -0.4 is 5.43 Å². The fraction of sp³-hybridized carbons (Fsp3) is 0.385. The van der Waals surface area contributed by atoms with Gasteiger partial charge >= 0.3 is 5.97 Å². The van der Waals surface area contributed by atoms with Crippen molar-refractivity contribution in [3.8, 4) is 6.07 Å². The van der Waals surface area contributed by atoms with E-state index in [2.05, 4.69) is 11.5 Å². The van der Waals surface area contributed by atoms with Gasteiger partial charge in [-0.1, -0.05) is 12.1 Å². The molecular formula is C13H15N3O2. The number of nitrogens with zero attached hydrogens (tertiary/aromatic N) is 2. The molecule has 0 aromatic heterocycles. The first kappa shape index (κ1) is 12.4. The Morgan fingerprint density at radius 3 is 2.94 bits per heavy atom. The highest BCUT2D eigenvalue weighted by Crippen LogP contribution is 2.21. The fourth-order valence-corrected chi connectivity index (χ4v) is 2.12. The summed E-state index contributed by atoms with van der Waals surface area (Å²) in [6, 6.07) is 8.78. The van der Waals surface area contributed by atoms with E-state index in [0.717, 1.165) is 25.8 Å². The molecule has 0 bridgehead atoms. The van der Waals surface area contributed by atoms with Crippen molar-refractivity contribution >= 4 is 11.7 Å². The molecule has 0 radical (unpaired) electrons. The molecule has 1 aliphatic rings. The molecule has 18 heavy (non-hydrogen) atoms. The Bertz CT molecular complexity index is 481. The number of nitriles is 1. The monoisotopic (exact) mass is 245 g/mol. The van der Waals surface area contributed by atoms with Crippen LogP contribution in [-0.2, 0) is 0 Å². The first-order valence-corrected chi connectivity index (χ1v) is 5.97. The van der Waals surface area contributed by atoms with Gasteiger partial charge in [-0.2, -0.15) is 5.26 Å². The zero-order chi connectivity index (χ0) is 13.0. The van der Waals surface area contributed by atoms with Gasteiger partial charge in [-0.3, -0.25) is 0 Å². The van der Waals surface area contributed by atoms with Crippen LogP contribution in [0.1, 0.15) is 29.6 Å². The Kier molecular flexibility index (Phi) is 3.80. The molecule has 1 saturated heterocycles. The van der Waals surface area contributed by atoms with E-state index in [1.165, 1.54) is 0 Å². The van der Waals surface area contributed by atoms with E-state index in [0.29, 0.717) is 5.69 Å². The van der Waals surface area contributed by atoms with Gasteiger partial charge in [0.2, 0.25) is 0 Å². The second kappa shape index (κ2) is 5.52. The molecule has 0 unspecified atom stereocenters. The number of nitrogens with one attached hydrogen (secondary N) is 1. The average Bonchev–Trinajstić information content (AvgIpc) is 2.40. The van der Waals surface area contributed by atoms with Crippen molar-refractivity contribution < 1.29 is 9.90 Å². The largest absolute Gasteiger partial charge is 0.478 e. The summed E-state index contributed by atoms with van der Waals surface area (Å²) in [6.45, 7) is 0.756. The van der Waals surface area contributed by atoms with Gasteiger partial charge in [-0.25, -0.2) is 9.80 Å². The van der Waals surface area contributed by atoms with Gasteiger partial charge in [-0.05, 0) is 31.4 Å². The normalized spacial score (nSPS) is 20.1. The minimum atomic E-state index is -0.969. The molecule has 1 aromatic rings. The predicted molar refractivity (Wildman–Crippen MR) is 67.0 cm³/mol. The van der Waals surface area contributed by atoms with E-state index in [1.807, 2.05) is 5.01 Å². The topological polar surface area (TPSA) is 76.4 Å². The van der Waals surface area contributed by atoms with E-state index >= 15 is 0 Å². The molecule has 0 aliphatic carbocycles. The number of carboxylic acids is 1. The fourth-order valence-electron chi connectivity index (χ4n) is 2.12. The maximum Gasteiger partial charge on any atom is 0.337 e. The van der Waals surface area contributed by atoms with Crippen molar-refractivity contribution in [3.63, 3.8) is 0 Å². The highest BCUT2D eigenvalue weighted by atomic mass is 16.4. The highest BCUT2D eigenvalue weighted by Gasteiger charge is 2.23. The number of carbonyl (C=O) groups is 1. The van der Waals surface area contributed by atoms with Crippen LogP contribution in [0.25, 0.3) is 0 Å². The predicted octanol–water partition coefficient (Wildman–Crippen LogP) is 2.09. The summed E-state index contributed by atoms with van der Waals surface area (Å²) in [5.74, 6) is -0.969. The van der Waals surface area contributed by atoms with Crippen LogP contribution in [0.5, 0.6) is 0 Å². The molecule has 0 amide bonds. The lowest BCUT2D eigenvalue weighted by atomic mass is 10.1. The first-order valence-electron chi connectivity index (χ1n) is 5.97. The Morgan fingerprint density at radius 1 is 1.44 bits per heavy atom. The second-order valence-corrected chi connectivity index (χ2v) is 4.30. The molecule has 2 N–H and O–H groups in total. The molecule has 0 spiro atoms. The SMILES string of the molecule is N#C[C@@H]1CCCCN1Nc1ccccc1C(=O)O. The van der Waals surface area contributed by atoms with E-state index in [4.69, 9.17) is 10.4 Å². The molecule has 1 atom stereocenters. The van der Waals surface area contributed by atoms with E-state index in [9.17, 15) is 4.79 Å². The standard InChI is InChI=1S/C13H15N3O2/c14-9-10-5-3-4-8-16(10)15-12-7-2-1-6-11(12)13(17)18/h1-2,6-7,10,15H,3-5,8H2,(H,17,18)/t10-/m0/s1.